The molecular formula is C6H14FNS. The molecule has 0 heterocycles. The molecule has 0 aliphatic carbocycles. The van der Waals surface area contributed by atoms with Gasteiger partial charge in [-0.15, -0.1) is 0 Å². The standard InChI is InChI=1S/C6H14FNS/c1-2-9-4-3-6(8)5-7/h6H,2-5,8H2,1H3. The summed E-state index contributed by atoms with van der Waals surface area (Å²) < 4.78 is 11.7. The van der Waals surface area contributed by atoms with E-state index in [1.165, 1.54) is 0 Å². The van der Waals surface area contributed by atoms with Crippen molar-refractivity contribution in [1.82, 2.24) is 0 Å². The van der Waals surface area contributed by atoms with Crippen molar-refractivity contribution in [2.45, 2.75) is 19.4 Å². The van der Waals surface area contributed by atoms with Gasteiger partial charge in [0.2, 0.25) is 0 Å². The molecule has 1 atom stereocenters. The van der Waals surface area contributed by atoms with E-state index >= 15 is 0 Å². The number of hydrogen-bond acceptors (Lipinski definition) is 2. The largest absolute Gasteiger partial charge is 0.325 e. The molecule has 0 saturated carbocycles. The van der Waals surface area contributed by atoms with Crippen LogP contribution in [0.25, 0.3) is 0 Å². The molecule has 56 valence electrons. The SMILES string of the molecule is CCSCCC(N)CF. The molecule has 9 heavy (non-hydrogen) atoms. The van der Waals surface area contributed by atoms with Crippen LogP contribution in [-0.2, 0) is 0 Å². The van der Waals surface area contributed by atoms with E-state index in [0.717, 1.165) is 17.9 Å². The Kier molecular flexibility index (Phi) is 6.53. The van der Waals surface area contributed by atoms with E-state index in [4.69, 9.17) is 5.73 Å². The number of alkyl halides is 1. The Morgan fingerprint density at radius 3 is 2.78 bits per heavy atom. The predicted octanol–water partition coefficient (Wildman–Crippen LogP) is 1.43. The van der Waals surface area contributed by atoms with Crippen LogP contribution in [0.15, 0.2) is 0 Å². The van der Waals surface area contributed by atoms with Crippen LogP contribution in [0.4, 0.5) is 4.39 Å². The molecule has 2 N–H and O–H groups in total. The fourth-order valence-electron chi connectivity index (χ4n) is 0.456. The van der Waals surface area contributed by atoms with Crippen LogP contribution in [0.5, 0.6) is 0 Å². The number of thioether (sulfide) groups is 1. The van der Waals surface area contributed by atoms with Crippen molar-refractivity contribution >= 4 is 11.8 Å². The van der Waals surface area contributed by atoms with Crippen LogP contribution in [0.2, 0.25) is 0 Å². The first-order chi connectivity index (χ1) is 4.31. The third-order valence-electron chi connectivity index (χ3n) is 1.04. The molecule has 1 unspecified atom stereocenters. The first kappa shape index (κ1) is 9.24. The molecule has 0 rings (SSSR count). The summed E-state index contributed by atoms with van der Waals surface area (Å²) >= 11 is 1.81. The van der Waals surface area contributed by atoms with Gasteiger partial charge in [0.15, 0.2) is 0 Å². The lowest BCUT2D eigenvalue weighted by Crippen LogP contribution is -2.22. The van der Waals surface area contributed by atoms with Gasteiger partial charge in [-0.3, -0.25) is 0 Å². The molecule has 0 amide bonds. The first-order valence-corrected chi connectivity index (χ1v) is 4.36. The molecule has 1 nitrogen and oxygen atoms in total. The van der Waals surface area contributed by atoms with Crippen LogP contribution >= 0.6 is 11.8 Å². The van der Waals surface area contributed by atoms with Crippen LogP contribution in [0.3, 0.4) is 0 Å². The summed E-state index contributed by atoms with van der Waals surface area (Å²) in [6.07, 6.45) is 0.801. The maximum absolute atomic E-state index is 11.7. The van der Waals surface area contributed by atoms with E-state index in [2.05, 4.69) is 6.92 Å². The molecule has 0 aromatic carbocycles. The summed E-state index contributed by atoms with van der Waals surface area (Å²) in [5.41, 5.74) is 5.33. The van der Waals surface area contributed by atoms with Crippen LogP contribution < -0.4 is 5.73 Å². The molecule has 0 aromatic rings. The second-order valence-corrected chi connectivity index (χ2v) is 3.29. The maximum atomic E-state index is 11.7. The van der Waals surface area contributed by atoms with E-state index < -0.39 is 0 Å². The Bertz CT molecular complexity index is 61.0. The normalized spacial score (nSPS) is 13.7. The average molecular weight is 151 g/mol. The fraction of sp³-hybridized carbons (Fsp3) is 1.00. The minimum absolute atomic E-state index is 0.232. The van der Waals surface area contributed by atoms with Crippen molar-refractivity contribution in [3.63, 3.8) is 0 Å². The second-order valence-electron chi connectivity index (χ2n) is 1.90. The van der Waals surface area contributed by atoms with Gasteiger partial charge >= 0.3 is 0 Å². The van der Waals surface area contributed by atoms with Crippen LogP contribution in [0.1, 0.15) is 13.3 Å². The predicted molar refractivity (Wildman–Crippen MR) is 41.6 cm³/mol. The lowest BCUT2D eigenvalue weighted by atomic mass is 10.3. The first-order valence-electron chi connectivity index (χ1n) is 3.20. The highest BCUT2D eigenvalue weighted by Crippen LogP contribution is 2.02. The monoisotopic (exact) mass is 151 g/mol. The molecule has 0 aromatic heterocycles. The molecule has 0 saturated heterocycles. The molecule has 0 bridgehead atoms. The fourth-order valence-corrected chi connectivity index (χ4v) is 1.21. The molecule has 3 heteroatoms. The number of rotatable bonds is 5. The maximum Gasteiger partial charge on any atom is 0.105 e. The number of nitrogens with two attached hydrogens (primary N) is 1. The Morgan fingerprint density at radius 2 is 2.33 bits per heavy atom. The van der Waals surface area contributed by atoms with Crippen molar-refractivity contribution in [3.8, 4) is 0 Å². The van der Waals surface area contributed by atoms with E-state index in [-0.39, 0.29) is 12.7 Å². The zero-order chi connectivity index (χ0) is 7.11. The zero-order valence-corrected chi connectivity index (χ0v) is 6.59. The van der Waals surface area contributed by atoms with E-state index in [1.54, 1.807) is 11.8 Å². The third kappa shape index (κ3) is 6.12. The smallest absolute Gasteiger partial charge is 0.105 e. The summed E-state index contributed by atoms with van der Waals surface area (Å²) in [5.74, 6) is 2.08. The van der Waals surface area contributed by atoms with Crippen molar-refractivity contribution < 1.29 is 4.39 Å². The topological polar surface area (TPSA) is 26.0 Å². The molecular weight excluding hydrogens is 137 g/mol. The highest BCUT2D eigenvalue weighted by Gasteiger charge is 1.98. The van der Waals surface area contributed by atoms with E-state index in [0.29, 0.717) is 0 Å². The molecule has 0 spiro atoms. The van der Waals surface area contributed by atoms with Gasteiger partial charge in [0.1, 0.15) is 6.67 Å². The lowest BCUT2D eigenvalue weighted by Gasteiger charge is -2.03. The third-order valence-corrected chi connectivity index (χ3v) is 1.97. The van der Waals surface area contributed by atoms with Gasteiger partial charge in [-0.05, 0) is 17.9 Å². The van der Waals surface area contributed by atoms with E-state index in [9.17, 15) is 4.39 Å². The van der Waals surface area contributed by atoms with Gasteiger partial charge in [0.25, 0.3) is 0 Å². The van der Waals surface area contributed by atoms with Gasteiger partial charge < -0.3 is 5.73 Å². The minimum atomic E-state index is -0.385. The Hall–Kier alpha value is 0.240. The lowest BCUT2D eigenvalue weighted by molar-refractivity contribution is 0.423. The summed E-state index contributed by atoms with van der Waals surface area (Å²) in [4.78, 5) is 0. The Balaban J connectivity index is 2.88. The summed E-state index contributed by atoms with van der Waals surface area (Å²) in [6, 6.07) is -0.232. The van der Waals surface area contributed by atoms with Crippen molar-refractivity contribution in [2.75, 3.05) is 18.2 Å². The van der Waals surface area contributed by atoms with Gasteiger partial charge in [0.05, 0.1) is 0 Å². The number of halogens is 1. The summed E-state index contributed by atoms with van der Waals surface area (Å²) in [7, 11) is 0. The Labute approximate surface area is 60.2 Å². The quantitative estimate of drug-likeness (QED) is 0.601. The molecule has 0 radical (unpaired) electrons. The molecule has 0 fully saturated rings. The summed E-state index contributed by atoms with van der Waals surface area (Å²) in [5, 5.41) is 0. The number of hydrogen-bond donors (Lipinski definition) is 1. The highest BCUT2D eigenvalue weighted by atomic mass is 32.2. The van der Waals surface area contributed by atoms with Crippen LogP contribution in [-0.4, -0.2) is 24.2 Å². The second kappa shape index (κ2) is 6.36. The van der Waals surface area contributed by atoms with Gasteiger partial charge in [-0.1, -0.05) is 6.92 Å². The van der Waals surface area contributed by atoms with Gasteiger partial charge in [-0.25, -0.2) is 4.39 Å². The average Bonchev–Trinajstić information content (AvgIpc) is 1.89. The minimum Gasteiger partial charge on any atom is -0.325 e. The van der Waals surface area contributed by atoms with E-state index in [1.807, 2.05) is 0 Å². The summed E-state index contributed by atoms with van der Waals surface area (Å²) in [6.45, 7) is 1.70. The Morgan fingerprint density at radius 1 is 1.67 bits per heavy atom. The van der Waals surface area contributed by atoms with Crippen molar-refractivity contribution in [2.24, 2.45) is 5.73 Å². The van der Waals surface area contributed by atoms with Crippen LogP contribution in [0, 0.1) is 0 Å². The van der Waals surface area contributed by atoms with Gasteiger partial charge in [-0.2, -0.15) is 11.8 Å². The molecule has 0 aliphatic rings. The molecule has 0 aliphatic heterocycles. The highest BCUT2D eigenvalue weighted by molar-refractivity contribution is 7.99. The van der Waals surface area contributed by atoms with Crippen molar-refractivity contribution in [3.05, 3.63) is 0 Å². The van der Waals surface area contributed by atoms with Crippen molar-refractivity contribution in [1.29, 1.82) is 0 Å². The van der Waals surface area contributed by atoms with Gasteiger partial charge in [0, 0.05) is 6.04 Å². The zero-order valence-electron chi connectivity index (χ0n) is 5.77.